The second kappa shape index (κ2) is 11.3. The molecule has 0 atom stereocenters. The van der Waals surface area contributed by atoms with Crippen molar-refractivity contribution in [3.05, 3.63) is 169 Å². The van der Waals surface area contributed by atoms with Crippen LogP contribution in [0, 0.1) is 0 Å². The second-order valence-electron chi connectivity index (χ2n) is 14.4. The molecule has 1 aliphatic carbocycles. The number of benzene rings is 7. The quantitative estimate of drug-likeness (QED) is 0.184. The van der Waals surface area contributed by atoms with Gasteiger partial charge in [-0.2, -0.15) is 0 Å². The molecule has 0 saturated heterocycles. The highest BCUT2D eigenvalue weighted by atomic mass is 32.1. The molecule has 250 valence electrons. The first-order valence-electron chi connectivity index (χ1n) is 18.0. The van der Waals surface area contributed by atoms with Crippen molar-refractivity contribution in [2.24, 2.45) is 0 Å². The highest BCUT2D eigenvalue weighted by Gasteiger charge is 2.36. The molecule has 0 saturated carbocycles. The van der Waals surface area contributed by atoms with Gasteiger partial charge in [-0.3, -0.25) is 0 Å². The van der Waals surface area contributed by atoms with Crippen molar-refractivity contribution in [2.45, 2.75) is 19.3 Å². The molecule has 53 heavy (non-hydrogen) atoms. The zero-order valence-corrected chi connectivity index (χ0v) is 30.0. The van der Waals surface area contributed by atoms with E-state index in [0.717, 1.165) is 27.8 Å². The van der Waals surface area contributed by atoms with Crippen LogP contribution < -0.4 is 0 Å². The van der Waals surface area contributed by atoms with Crippen molar-refractivity contribution >= 4 is 53.3 Å². The maximum Gasteiger partial charge on any atom is 0.164 e. The van der Waals surface area contributed by atoms with Crippen molar-refractivity contribution in [2.75, 3.05) is 0 Å². The number of thiophene rings is 1. The fraction of sp³-hybridized carbons (Fsp3) is 0.0625. The lowest BCUT2D eigenvalue weighted by molar-refractivity contribution is 0.661. The Morgan fingerprint density at radius 2 is 1.11 bits per heavy atom. The van der Waals surface area contributed by atoms with Crippen LogP contribution in [-0.4, -0.2) is 19.5 Å². The van der Waals surface area contributed by atoms with Crippen LogP contribution in [0.15, 0.2) is 158 Å². The average molecular weight is 697 g/mol. The molecule has 3 aromatic heterocycles. The van der Waals surface area contributed by atoms with E-state index >= 15 is 0 Å². The molecule has 0 unspecified atom stereocenters. The molecule has 0 bridgehead atoms. The molecule has 0 spiro atoms. The molecule has 3 heterocycles. The Balaban J connectivity index is 1.16. The van der Waals surface area contributed by atoms with Gasteiger partial charge < -0.3 is 4.57 Å². The van der Waals surface area contributed by atoms with Gasteiger partial charge in [0.25, 0.3) is 0 Å². The summed E-state index contributed by atoms with van der Waals surface area (Å²) in [5.41, 5.74) is 11.8. The van der Waals surface area contributed by atoms with Crippen LogP contribution >= 0.6 is 11.3 Å². The van der Waals surface area contributed by atoms with E-state index in [1.165, 1.54) is 58.8 Å². The predicted molar refractivity (Wildman–Crippen MR) is 221 cm³/mol. The van der Waals surface area contributed by atoms with Crippen LogP contribution in [0.5, 0.6) is 0 Å². The van der Waals surface area contributed by atoms with Gasteiger partial charge in [-0.15, -0.1) is 11.3 Å². The lowest BCUT2D eigenvalue weighted by Gasteiger charge is -2.21. The summed E-state index contributed by atoms with van der Waals surface area (Å²) in [6.07, 6.45) is 0. The third-order valence-corrected chi connectivity index (χ3v) is 12.2. The highest BCUT2D eigenvalue weighted by Crippen LogP contribution is 2.51. The summed E-state index contributed by atoms with van der Waals surface area (Å²) < 4.78 is 4.90. The molecule has 4 nitrogen and oxygen atoms in total. The number of fused-ring (bicyclic) bond motifs is 9. The molecule has 0 radical (unpaired) electrons. The Morgan fingerprint density at radius 3 is 1.89 bits per heavy atom. The topological polar surface area (TPSA) is 43.6 Å². The zero-order chi connectivity index (χ0) is 35.3. The molecule has 7 aromatic carbocycles. The van der Waals surface area contributed by atoms with Gasteiger partial charge in [0, 0.05) is 58.7 Å². The number of nitrogens with zero attached hydrogens (tertiary/aromatic N) is 4. The van der Waals surface area contributed by atoms with Crippen LogP contribution in [0.2, 0.25) is 0 Å². The minimum Gasteiger partial charge on any atom is -0.309 e. The number of aromatic nitrogens is 4. The number of hydrogen-bond acceptors (Lipinski definition) is 4. The van der Waals surface area contributed by atoms with E-state index < -0.39 is 0 Å². The summed E-state index contributed by atoms with van der Waals surface area (Å²) in [5.74, 6) is 1.99. The van der Waals surface area contributed by atoms with Crippen LogP contribution in [0.4, 0.5) is 0 Å². The summed E-state index contributed by atoms with van der Waals surface area (Å²) in [4.78, 5) is 15.2. The Morgan fingerprint density at radius 1 is 0.453 bits per heavy atom. The number of para-hydroxylation sites is 1. The van der Waals surface area contributed by atoms with E-state index in [0.29, 0.717) is 17.5 Å². The largest absolute Gasteiger partial charge is 0.309 e. The third-order valence-electron chi connectivity index (χ3n) is 11.1. The fourth-order valence-electron chi connectivity index (χ4n) is 8.51. The summed E-state index contributed by atoms with van der Waals surface area (Å²) in [5, 5.41) is 4.89. The molecule has 0 fully saturated rings. The van der Waals surface area contributed by atoms with Gasteiger partial charge in [0.2, 0.25) is 0 Å². The molecule has 5 heteroatoms. The summed E-state index contributed by atoms with van der Waals surface area (Å²) in [7, 11) is 0. The van der Waals surface area contributed by atoms with E-state index in [-0.39, 0.29) is 5.41 Å². The van der Waals surface area contributed by atoms with Crippen molar-refractivity contribution < 1.29 is 0 Å². The monoisotopic (exact) mass is 696 g/mol. The molecule has 10 aromatic rings. The van der Waals surface area contributed by atoms with Gasteiger partial charge in [-0.05, 0) is 64.7 Å². The normalized spacial score (nSPS) is 13.2. The van der Waals surface area contributed by atoms with E-state index in [2.05, 4.69) is 140 Å². The summed E-state index contributed by atoms with van der Waals surface area (Å²) in [6.45, 7) is 4.71. The first kappa shape index (κ1) is 30.2. The molecular weight excluding hydrogens is 665 g/mol. The fourth-order valence-corrected chi connectivity index (χ4v) is 9.62. The molecule has 0 aliphatic heterocycles. The van der Waals surface area contributed by atoms with Crippen molar-refractivity contribution in [1.29, 1.82) is 0 Å². The van der Waals surface area contributed by atoms with Crippen molar-refractivity contribution in [3.8, 4) is 51.0 Å². The molecule has 11 rings (SSSR count). The first-order chi connectivity index (χ1) is 26.0. The first-order valence-corrected chi connectivity index (χ1v) is 18.9. The van der Waals surface area contributed by atoms with Gasteiger partial charge >= 0.3 is 0 Å². The maximum absolute atomic E-state index is 5.13. The maximum atomic E-state index is 5.13. The van der Waals surface area contributed by atoms with Crippen LogP contribution in [0.3, 0.4) is 0 Å². The average Bonchev–Trinajstić information content (AvgIpc) is 3.82. The third kappa shape index (κ3) is 4.51. The highest BCUT2D eigenvalue weighted by molar-refractivity contribution is 7.26. The minimum atomic E-state index is -0.0917. The van der Waals surface area contributed by atoms with Gasteiger partial charge in [-0.25, -0.2) is 15.0 Å². The lowest BCUT2D eigenvalue weighted by atomic mass is 9.82. The SMILES string of the molecule is CC1(C)c2ccccc2-c2cc3c4ccccc4n(-c4ccc5sc6cccc(-c7nc(-c8ccccc8)nc(-c8ccccc8)n7)c6c5c4)c3cc21. The van der Waals surface area contributed by atoms with Gasteiger partial charge in [0.15, 0.2) is 17.5 Å². The standard InChI is InChI=1S/C48H32N4S/c1-48(2)38-21-11-9-18-32(38)35-27-36-33-19-10-12-22-40(33)52(41(36)28-39(35)48)31-24-25-42-37(26-31)44-34(20-13-23-43(44)53-42)47-50-45(29-14-5-3-6-15-29)49-46(51-47)30-16-7-4-8-17-30/h3-28H,1-2H3. The Kier molecular flexibility index (Phi) is 6.43. The smallest absolute Gasteiger partial charge is 0.164 e. The van der Waals surface area contributed by atoms with E-state index in [1.54, 1.807) is 0 Å². The second-order valence-corrected chi connectivity index (χ2v) is 15.5. The van der Waals surface area contributed by atoms with E-state index in [4.69, 9.17) is 15.0 Å². The molecular formula is C48H32N4S. The lowest BCUT2D eigenvalue weighted by Crippen LogP contribution is -2.14. The Hall–Kier alpha value is -6.43. The van der Waals surface area contributed by atoms with E-state index in [1.807, 2.05) is 47.7 Å². The van der Waals surface area contributed by atoms with Gasteiger partial charge in [-0.1, -0.05) is 129 Å². The van der Waals surface area contributed by atoms with Crippen LogP contribution in [0.1, 0.15) is 25.0 Å². The van der Waals surface area contributed by atoms with E-state index in [9.17, 15) is 0 Å². The van der Waals surface area contributed by atoms with Gasteiger partial charge in [0.05, 0.1) is 11.0 Å². The predicted octanol–water partition coefficient (Wildman–Crippen LogP) is 12.6. The Labute approximate surface area is 310 Å². The van der Waals surface area contributed by atoms with Crippen molar-refractivity contribution in [3.63, 3.8) is 0 Å². The number of hydrogen-bond donors (Lipinski definition) is 0. The van der Waals surface area contributed by atoms with Crippen LogP contribution in [0.25, 0.3) is 93.0 Å². The van der Waals surface area contributed by atoms with Crippen LogP contribution in [-0.2, 0) is 5.41 Å². The molecule has 0 amide bonds. The Bertz CT molecular complexity index is 3020. The number of rotatable bonds is 4. The molecule has 0 N–H and O–H groups in total. The van der Waals surface area contributed by atoms with Crippen molar-refractivity contribution in [1.82, 2.24) is 19.5 Å². The summed E-state index contributed by atoms with van der Waals surface area (Å²) >= 11 is 1.81. The van der Waals surface area contributed by atoms with Gasteiger partial charge in [0.1, 0.15) is 0 Å². The zero-order valence-electron chi connectivity index (χ0n) is 29.2. The summed E-state index contributed by atoms with van der Waals surface area (Å²) in [6, 6.07) is 56.4. The molecule has 1 aliphatic rings. The minimum absolute atomic E-state index is 0.0917.